The number of ether oxygens (including phenoxy) is 2. The molecule has 3 atom stereocenters. The Balaban J connectivity index is 2.43. The van der Waals surface area contributed by atoms with E-state index in [1.165, 1.54) is 0 Å². The van der Waals surface area contributed by atoms with Gasteiger partial charge in [0.1, 0.15) is 0 Å². The van der Waals surface area contributed by atoms with Crippen molar-refractivity contribution in [1.82, 2.24) is 0 Å². The highest BCUT2D eigenvalue weighted by Crippen LogP contribution is 2.19. The molecule has 0 aromatic rings. The van der Waals surface area contributed by atoms with Crippen LogP contribution in [0.2, 0.25) is 0 Å². The Bertz CT molecular complexity index is 124. The van der Waals surface area contributed by atoms with E-state index >= 15 is 0 Å². The van der Waals surface area contributed by atoms with E-state index in [-0.39, 0.29) is 12.2 Å². The largest absolute Gasteiger partial charge is 0.340 e. The Morgan fingerprint density at radius 2 is 2.20 bits per heavy atom. The molecule has 3 nitrogen and oxygen atoms in total. The molecule has 0 aromatic carbocycles. The fraction of sp³-hybridized carbons (Fsp3) is 0.857. The van der Waals surface area contributed by atoms with Gasteiger partial charge in [-0.1, -0.05) is 6.92 Å². The molecule has 58 valence electrons. The smallest absolute Gasteiger partial charge is 0.215 e. The Kier molecular flexibility index (Phi) is 2.40. The van der Waals surface area contributed by atoms with Crippen LogP contribution in [0, 0.1) is 0 Å². The van der Waals surface area contributed by atoms with Crippen molar-refractivity contribution in [3.63, 3.8) is 0 Å². The molecule has 0 spiro atoms. The Labute approximate surface area is 60.3 Å². The average Bonchev–Trinajstić information content (AvgIpc) is 2.30. The molecular weight excluding hydrogens is 132 g/mol. The van der Waals surface area contributed by atoms with Gasteiger partial charge in [0, 0.05) is 0 Å². The number of carbonyl (C=O) groups is 1. The molecule has 1 heterocycles. The van der Waals surface area contributed by atoms with Gasteiger partial charge in [0.15, 0.2) is 6.29 Å². The predicted molar refractivity (Wildman–Crippen MR) is 35.6 cm³/mol. The Morgan fingerprint density at radius 1 is 1.50 bits per heavy atom. The van der Waals surface area contributed by atoms with Crippen LogP contribution in [0.3, 0.4) is 0 Å². The van der Waals surface area contributed by atoms with Gasteiger partial charge in [0.2, 0.25) is 6.29 Å². The molecule has 10 heavy (non-hydrogen) atoms. The lowest BCUT2D eigenvalue weighted by atomic mass is 10.2. The van der Waals surface area contributed by atoms with Crippen molar-refractivity contribution < 1.29 is 14.3 Å². The minimum Gasteiger partial charge on any atom is -0.340 e. The number of hydrogen-bond donors (Lipinski definition) is 0. The number of hydrogen-bond acceptors (Lipinski definition) is 3. The van der Waals surface area contributed by atoms with Crippen molar-refractivity contribution in [3.8, 4) is 0 Å². The van der Waals surface area contributed by atoms with Gasteiger partial charge < -0.3 is 9.47 Å². The molecule has 0 aliphatic carbocycles. The summed E-state index contributed by atoms with van der Waals surface area (Å²) in [6, 6.07) is 0. The van der Waals surface area contributed by atoms with Crippen LogP contribution in [0.4, 0.5) is 0 Å². The van der Waals surface area contributed by atoms with E-state index < -0.39 is 6.29 Å². The maximum absolute atomic E-state index is 10.2. The third-order valence-corrected chi connectivity index (χ3v) is 1.69. The van der Waals surface area contributed by atoms with E-state index in [0.717, 1.165) is 6.42 Å². The van der Waals surface area contributed by atoms with Crippen LogP contribution in [0.15, 0.2) is 0 Å². The monoisotopic (exact) mass is 144 g/mol. The molecule has 1 aliphatic heterocycles. The zero-order chi connectivity index (χ0) is 7.56. The van der Waals surface area contributed by atoms with Crippen molar-refractivity contribution in [1.29, 1.82) is 0 Å². The maximum Gasteiger partial charge on any atom is 0.215 e. The van der Waals surface area contributed by atoms with E-state index in [1.807, 2.05) is 13.8 Å². The highest BCUT2D eigenvalue weighted by atomic mass is 16.7. The molecule has 0 aromatic heterocycles. The molecule has 1 aliphatic rings. The van der Waals surface area contributed by atoms with Gasteiger partial charge >= 0.3 is 0 Å². The van der Waals surface area contributed by atoms with Crippen LogP contribution >= 0.6 is 0 Å². The minimum atomic E-state index is -0.625. The van der Waals surface area contributed by atoms with Gasteiger partial charge in [0.25, 0.3) is 0 Å². The zero-order valence-electron chi connectivity index (χ0n) is 6.24. The quantitative estimate of drug-likeness (QED) is 0.536. The van der Waals surface area contributed by atoms with Crippen LogP contribution in [-0.4, -0.2) is 24.8 Å². The summed E-state index contributed by atoms with van der Waals surface area (Å²) < 4.78 is 10.3. The maximum atomic E-state index is 10.2. The molecular formula is C7H12O3. The molecule has 1 saturated heterocycles. The van der Waals surface area contributed by atoms with Crippen LogP contribution < -0.4 is 0 Å². The molecule has 3 unspecified atom stereocenters. The Hall–Kier alpha value is -0.410. The first-order chi connectivity index (χ1) is 4.77. The molecule has 1 fully saturated rings. The highest BCUT2D eigenvalue weighted by molar-refractivity contribution is 5.54. The summed E-state index contributed by atoms with van der Waals surface area (Å²) in [5.41, 5.74) is 0. The van der Waals surface area contributed by atoms with Crippen molar-refractivity contribution in [3.05, 3.63) is 0 Å². The lowest BCUT2D eigenvalue weighted by Gasteiger charge is -2.07. The van der Waals surface area contributed by atoms with Crippen molar-refractivity contribution in [2.75, 3.05) is 0 Å². The van der Waals surface area contributed by atoms with Crippen LogP contribution in [0.5, 0.6) is 0 Å². The summed E-state index contributed by atoms with van der Waals surface area (Å²) in [5, 5.41) is 0. The molecule has 0 amide bonds. The van der Waals surface area contributed by atoms with Crippen LogP contribution in [0.1, 0.15) is 20.3 Å². The normalized spacial score (nSPS) is 40.0. The SMILES string of the molecule is CCC1OC(C=O)OC1C. The first-order valence-corrected chi connectivity index (χ1v) is 3.54. The molecule has 1 rings (SSSR count). The summed E-state index contributed by atoms with van der Waals surface area (Å²) in [6.45, 7) is 3.93. The molecule has 0 bridgehead atoms. The Morgan fingerprint density at radius 3 is 2.50 bits per heavy atom. The average molecular weight is 144 g/mol. The van der Waals surface area contributed by atoms with E-state index in [0.29, 0.717) is 6.29 Å². The minimum absolute atomic E-state index is 0.0557. The number of carbonyl (C=O) groups excluding carboxylic acids is 1. The second-order valence-corrected chi connectivity index (χ2v) is 2.43. The predicted octanol–water partition coefficient (Wildman–Crippen LogP) is 0.725. The lowest BCUT2D eigenvalue weighted by Crippen LogP contribution is -2.17. The molecule has 0 radical (unpaired) electrons. The summed E-state index contributed by atoms with van der Waals surface area (Å²) in [6.07, 6.45) is 1.10. The zero-order valence-corrected chi connectivity index (χ0v) is 6.24. The summed E-state index contributed by atoms with van der Waals surface area (Å²) in [4.78, 5) is 10.2. The van der Waals surface area contributed by atoms with Gasteiger partial charge in [0.05, 0.1) is 12.2 Å². The molecule has 0 N–H and O–H groups in total. The summed E-state index contributed by atoms with van der Waals surface area (Å²) in [5.74, 6) is 0. The standard InChI is InChI=1S/C7H12O3/c1-3-6-5(2)9-7(4-8)10-6/h4-7H,3H2,1-2H3. The topological polar surface area (TPSA) is 35.5 Å². The molecule has 0 saturated carbocycles. The number of rotatable bonds is 2. The van der Waals surface area contributed by atoms with Gasteiger partial charge in [-0.2, -0.15) is 0 Å². The van der Waals surface area contributed by atoms with Gasteiger partial charge in [-0.3, -0.25) is 4.79 Å². The highest BCUT2D eigenvalue weighted by Gasteiger charge is 2.30. The fourth-order valence-corrected chi connectivity index (χ4v) is 1.11. The van der Waals surface area contributed by atoms with Crippen molar-refractivity contribution in [2.45, 2.75) is 38.8 Å². The molecule has 3 heteroatoms. The lowest BCUT2D eigenvalue weighted by molar-refractivity contribution is -0.134. The van der Waals surface area contributed by atoms with Gasteiger partial charge in [-0.05, 0) is 13.3 Å². The third kappa shape index (κ3) is 1.36. The fourth-order valence-electron chi connectivity index (χ4n) is 1.11. The van der Waals surface area contributed by atoms with E-state index in [1.54, 1.807) is 0 Å². The first kappa shape index (κ1) is 7.69. The first-order valence-electron chi connectivity index (χ1n) is 3.54. The van der Waals surface area contributed by atoms with E-state index in [2.05, 4.69) is 0 Å². The second-order valence-electron chi connectivity index (χ2n) is 2.43. The van der Waals surface area contributed by atoms with Crippen molar-refractivity contribution >= 4 is 6.29 Å². The van der Waals surface area contributed by atoms with E-state index in [4.69, 9.17) is 9.47 Å². The van der Waals surface area contributed by atoms with Gasteiger partial charge in [-0.15, -0.1) is 0 Å². The van der Waals surface area contributed by atoms with Crippen LogP contribution in [-0.2, 0) is 14.3 Å². The van der Waals surface area contributed by atoms with Gasteiger partial charge in [-0.25, -0.2) is 0 Å². The number of aldehydes is 1. The van der Waals surface area contributed by atoms with E-state index in [9.17, 15) is 4.79 Å². The summed E-state index contributed by atoms with van der Waals surface area (Å²) >= 11 is 0. The summed E-state index contributed by atoms with van der Waals surface area (Å²) in [7, 11) is 0. The second kappa shape index (κ2) is 3.12. The third-order valence-electron chi connectivity index (χ3n) is 1.69. The van der Waals surface area contributed by atoms with Crippen molar-refractivity contribution in [2.24, 2.45) is 0 Å². The van der Waals surface area contributed by atoms with Crippen LogP contribution in [0.25, 0.3) is 0 Å².